The summed E-state index contributed by atoms with van der Waals surface area (Å²) >= 11 is 1.09. The average Bonchev–Trinajstić information content (AvgIpc) is 3.24. The molecule has 0 aliphatic rings. The number of carbonyl (C=O) groups excluding carboxylic acids is 1. The molecule has 1 aromatic heterocycles. The van der Waals surface area contributed by atoms with Crippen molar-refractivity contribution >= 4 is 54.0 Å². The Hall–Kier alpha value is -4.09. The van der Waals surface area contributed by atoms with E-state index in [4.69, 9.17) is 0 Å². The van der Waals surface area contributed by atoms with E-state index in [0.29, 0.717) is 15.9 Å². The van der Waals surface area contributed by atoms with E-state index in [1.807, 2.05) is 0 Å². The number of nitrogens with zero attached hydrogens (tertiary/aromatic N) is 3. The third-order valence-electron chi connectivity index (χ3n) is 4.83. The smallest absolute Gasteiger partial charge is 0.270 e. The van der Waals surface area contributed by atoms with Gasteiger partial charge in [0.2, 0.25) is 0 Å². The van der Waals surface area contributed by atoms with E-state index in [1.54, 1.807) is 30.3 Å². The van der Waals surface area contributed by atoms with Crippen LogP contribution in [-0.4, -0.2) is 30.8 Å². The van der Waals surface area contributed by atoms with Crippen LogP contribution in [0, 0.1) is 10.1 Å². The summed E-state index contributed by atoms with van der Waals surface area (Å²) in [6, 6.07) is 18.5. The van der Waals surface area contributed by atoms with Crippen molar-refractivity contribution in [1.29, 1.82) is 0 Å². The lowest BCUT2D eigenvalue weighted by Crippen LogP contribution is -2.31. The molecule has 0 saturated heterocycles. The highest BCUT2D eigenvalue weighted by Crippen LogP contribution is 2.30. The summed E-state index contributed by atoms with van der Waals surface area (Å²) in [6.45, 7) is 3.70. The Balaban J connectivity index is 1.61. The topological polar surface area (TPSA) is 123 Å². The van der Waals surface area contributed by atoms with Gasteiger partial charge < -0.3 is 0 Å². The molecule has 4 aromatic rings. The zero-order valence-electron chi connectivity index (χ0n) is 17.6. The van der Waals surface area contributed by atoms with E-state index in [-0.39, 0.29) is 27.8 Å². The molecule has 0 saturated carbocycles. The standard InChI is InChI=1S/C23H18N4O5S2/c1-2-13-26(17-8-4-3-5-9-17)34(31,32)19-10-6-7-16(14-19)22(28)25-23-24-20-12-11-18(27(29)30)15-21(20)33-23/h2-12,14-15H,1,13H2,(H,24,25,28). The zero-order valence-corrected chi connectivity index (χ0v) is 19.3. The van der Waals surface area contributed by atoms with Gasteiger partial charge in [-0.1, -0.05) is 41.7 Å². The first-order valence-electron chi connectivity index (χ1n) is 9.94. The quantitative estimate of drug-likeness (QED) is 0.212. The Bertz CT molecular complexity index is 1500. The minimum Gasteiger partial charge on any atom is -0.298 e. The summed E-state index contributed by atoms with van der Waals surface area (Å²) in [5.41, 5.74) is 1.03. The Morgan fingerprint density at radius 1 is 1.12 bits per heavy atom. The number of rotatable bonds is 8. The van der Waals surface area contributed by atoms with Gasteiger partial charge in [-0.25, -0.2) is 13.4 Å². The van der Waals surface area contributed by atoms with Crippen molar-refractivity contribution in [3.05, 3.63) is 101 Å². The highest BCUT2D eigenvalue weighted by molar-refractivity contribution is 7.92. The molecule has 0 spiro atoms. The fourth-order valence-corrected chi connectivity index (χ4v) is 5.60. The second-order valence-electron chi connectivity index (χ2n) is 7.07. The summed E-state index contributed by atoms with van der Waals surface area (Å²) in [4.78, 5) is 27.5. The lowest BCUT2D eigenvalue weighted by atomic mass is 10.2. The fourth-order valence-electron chi connectivity index (χ4n) is 3.23. The van der Waals surface area contributed by atoms with Crippen molar-refractivity contribution < 1.29 is 18.1 Å². The Morgan fingerprint density at radius 2 is 1.88 bits per heavy atom. The van der Waals surface area contributed by atoms with Crippen LogP contribution in [0.2, 0.25) is 0 Å². The van der Waals surface area contributed by atoms with Crippen LogP contribution in [0.3, 0.4) is 0 Å². The molecule has 34 heavy (non-hydrogen) atoms. The molecule has 0 radical (unpaired) electrons. The maximum Gasteiger partial charge on any atom is 0.270 e. The number of carbonyl (C=O) groups is 1. The minimum absolute atomic E-state index is 0.0502. The van der Waals surface area contributed by atoms with Crippen LogP contribution < -0.4 is 9.62 Å². The van der Waals surface area contributed by atoms with Gasteiger partial charge >= 0.3 is 0 Å². The van der Waals surface area contributed by atoms with Crippen molar-refractivity contribution in [2.75, 3.05) is 16.2 Å². The molecule has 0 aliphatic carbocycles. The van der Waals surface area contributed by atoms with E-state index in [0.717, 1.165) is 11.3 Å². The Labute approximate surface area is 199 Å². The van der Waals surface area contributed by atoms with Gasteiger partial charge in [-0.2, -0.15) is 0 Å². The lowest BCUT2D eigenvalue weighted by Gasteiger charge is -2.23. The van der Waals surface area contributed by atoms with E-state index in [9.17, 15) is 23.3 Å². The van der Waals surface area contributed by atoms with E-state index >= 15 is 0 Å². The number of hydrogen-bond donors (Lipinski definition) is 1. The van der Waals surface area contributed by atoms with Crippen molar-refractivity contribution in [2.24, 2.45) is 0 Å². The van der Waals surface area contributed by atoms with Gasteiger partial charge in [0.25, 0.3) is 21.6 Å². The zero-order chi connectivity index (χ0) is 24.3. The highest BCUT2D eigenvalue weighted by atomic mass is 32.2. The predicted octanol–water partition coefficient (Wildman–Crippen LogP) is 4.84. The summed E-state index contributed by atoms with van der Waals surface area (Å²) in [5, 5.41) is 13.8. The van der Waals surface area contributed by atoms with Gasteiger partial charge in [-0.3, -0.25) is 24.5 Å². The number of thiazole rings is 1. The number of nitro groups is 1. The summed E-state index contributed by atoms with van der Waals surface area (Å²) in [7, 11) is -3.97. The van der Waals surface area contributed by atoms with Crippen molar-refractivity contribution in [1.82, 2.24) is 4.98 Å². The predicted molar refractivity (Wildman–Crippen MR) is 132 cm³/mol. The third kappa shape index (κ3) is 4.65. The number of anilines is 2. The van der Waals surface area contributed by atoms with Crippen LogP contribution in [0.25, 0.3) is 10.2 Å². The van der Waals surface area contributed by atoms with Crippen LogP contribution in [0.1, 0.15) is 10.4 Å². The Kier molecular flexibility index (Phi) is 6.39. The largest absolute Gasteiger partial charge is 0.298 e. The minimum atomic E-state index is -3.97. The molecule has 9 nitrogen and oxygen atoms in total. The molecule has 0 bridgehead atoms. The molecule has 1 amide bonds. The number of amides is 1. The molecule has 0 aliphatic heterocycles. The van der Waals surface area contributed by atoms with Crippen molar-refractivity contribution in [2.45, 2.75) is 4.90 Å². The number of para-hydroxylation sites is 1. The second kappa shape index (κ2) is 9.41. The molecule has 0 fully saturated rings. The first-order chi connectivity index (χ1) is 16.3. The molecular formula is C23H18N4O5S2. The maximum atomic E-state index is 13.3. The first-order valence-corrected chi connectivity index (χ1v) is 12.2. The number of benzene rings is 3. The van der Waals surface area contributed by atoms with Gasteiger partial charge in [0.05, 0.1) is 32.3 Å². The van der Waals surface area contributed by atoms with Gasteiger partial charge in [0, 0.05) is 17.7 Å². The maximum absolute atomic E-state index is 13.3. The first kappa shape index (κ1) is 23.1. The number of sulfonamides is 1. The normalized spacial score (nSPS) is 11.2. The van der Waals surface area contributed by atoms with Crippen LogP contribution in [0.15, 0.2) is 90.3 Å². The van der Waals surface area contributed by atoms with Gasteiger partial charge in [-0.05, 0) is 36.4 Å². The van der Waals surface area contributed by atoms with Crippen molar-refractivity contribution in [3.8, 4) is 0 Å². The number of non-ortho nitro benzene ring substituents is 1. The monoisotopic (exact) mass is 494 g/mol. The number of fused-ring (bicyclic) bond motifs is 1. The molecule has 172 valence electrons. The second-order valence-corrected chi connectivity index (χ2v) is 9.96. The van der Waals surface area contributed by atoms with Crippen LogP contribution in [0.4, 0.5) is 16.5 Å². The summed E-state index contributed by atoms with van der Waals surface area (Å²) in [6.07, 6.45) is 1.48. The molecule has 4 rings (SSSR count). The molecule has 1 heterocycles. The van der Waals surface area contributed by atoms with Gasteiger partial charge in [-0.15, -0.1) is 6.58 Å². The molecular weight excluding hydrogens is 476 g/mol. The molecule has 1 N–H and O–H groups in total. The lowest BCUT2D eigenvalue weighted by molar-refractivity contribution is -0.384. The fraction of sp³-hybridized carbons (Fsp3) is 0.0435. The molecule has 11 heteroatoms. The third-order valence-corrected chi connectivity index (χ3v) is 7.55. The summed E-state index contributed by atoms with van der Waals surface area (Å²) < 4.78 is 28.4. The van der Waals surface area contributed by atoms with E-state index < -0.39 is 20.9 Å². The van der Waals surface area contributed by atoms with Crippen LogP contribution in [0.5, 0.6) is 0 Å². The van der Waals surface area contributed by atoms with Crippen LogP contribution >= 0.6 is 11.3 Å². The summed E-state index contributed by atoms with van der Waals surface area (Å²) in [5.74, 6) is -0.555. The SMILES string of the molecule is C=CCN(c1ccccc1)S(=O)(=O)c1cccc(C(=O)Nc2nc3ccc([N+](=O)[O-])cc3s2)c1. The molecule has 0 unspecified atom stereocenters. The Morgan fingerprint density at radius 3 is 2.59 bits per heavy atom. The number of nitrogens with one attached hydrogen (secondary N) is 1. The number of nitro benzene ring substituents is 1. The molecule has 0 atom stereocenters. The van der Waals surface area contributed by atoms with Crippen molar-refractivity contribution in [3.63, 3.8) is 0 Å². The highest BCUT2D eigenvalue weighted by Gasteiger charge is 2.25. The number of aromatic nitrogens is 1. The van der Waals surface area contributed by atoms with Crippen LogP contribution in [-0.2, 0) is 10.0 Å². The van der Waals surface area contributed by atoms with E-state index in [2.05, 4.69) is 16.9 Å². The average molecular weight is 495 g/mol. The van der Waals surface area contributed by atoms with Gasteiger partial charge in [0.1, 0.15) is 0 Å². The van der Waals surface area contributed by atoms with Gasteiger partial charge in [0.15, 0.2) is 5.13 Å². The molecule has 3 aromatic carbocycles. The number of hydrogen-bond acceptors (Lipinski definition) is 7. The van der Waals surface area contributed by atoms with E-state index in [1.165, 1.54) is 52.8 Å².